The first-order valence-corrected chi connectivity index (χ1v) is 9.33. The van der Waals surface area contributed by atoms with Gasteiger partial charge in [0.25, 0.3) is 15.9 Å². The van der Waals surface area contributed by atoms with Gasteiger partial charge >= 0.3 is 0 Å². The Morgan fingerprint density at radius 1 is 1.08 bits per heavy atom. The number of sulfonamides is 1. The number of benzene rings is 2. The molecule has 0 spiro atoms. The molecular weight excluding hydrogens is 411 g/mol. The number of hydroxylamine groups is 1. The highest BCUT2D eigenvalue weighted by molar-refractivity contribution is 7.89. The molecule has 0 aromatic heterocycles. The van der Waals surface area contributed by atoms with E-state index >= 15 is 0 Å². The van der Waals surface area contributed by atoms with Gasteiger partial charge in [0.2, 0.25) is 0 Å². The summed E-state index contributed by atoms with van der Waals surface area (Å²) < 4.78 is 25.4. The molecule has 6 nitrogen and oxygen atoms in total. The molecule has 0 saturated carbocycles. The third-order valence-electron chi connectivity index (χ3n) is 3.24. The van der Waals surface area contributed by atoms with Crippen molar-refractivity contribution in [2.45, 2.75) is 4.90 Å². The third kappa shape index (κ3) is 4.44. The van der Waals surface area contributed by atoms with Crippen molar-refractivity contribution in [3.05, 3.63) is 57.0 Å². The van der Waals surface area contributed by atoms with E-state index in [4.69, 9.17) is 39.6 Å². The van der Waals surface area contributed by atoms with Crippen LogP contribution in [-0.2, 0) is 14.9 Å². The van der Waals surface area contributed by atoms with E-state index < -0.39 is 15.9 Å². The molecule has 0 aliphatic heterocycles. The number of hydrogen-bond acceptors (Lipinski definition) is 4. The maximum absolute atomic E-state index is 12.4. The van der Waals surface area contributed by atoms with E-state index in [1.54, 1.807) is 6.07 Å². The second-order valence-electron chi connectivity index (χ2n) is 4.82. The lowest BCUT2D eigenvalue weighted by Gasteiger charge is -2.16. The Morgan fingerprint density at radius 3 is 2.36 bits per heavy atom. The number of nitrogens with zero attached hydrogens (tertiary/aromatic N) is 1. The highest BCUT2D eigenvalue weighted by Crippen LogP contribution is 2.28. The van der Waals surface area contributed by atoms with Crippen molar-refractivity contribution in [3.8, 4) is 0 Å². The zero-order valence-corrected chi connectivity index (χ0v) is 16.2. The summed E-state index contributed by atoms with van der Waals surface area (Å²) in [6.45, 7) is 0. The number of anilines is 1. The monoisotopic (exact) mass is 422 g/mol. The van der Waals surface area contributed by atoms with Gasteiger partial charge in [-0.3, -0.25) is 9.63 Å². The molecule has 0 heterocycles. The second-order valence-corrected chi connectivity index (χ2v) is 7.98. The topological polar surface area (TPSA) is 75.7 Å². The number of amides is 1. The van der Waals surface area contributed by atoms with Crippen LogP contribution in [0.4, 0.5) is 5.69 Å². The van der Waals surface area contributed by atoms with Crippen LogP contribution in [0.2, 0.25) is 15.1 Å². The Bertz CT molecular complexity index is 919. The van der Waals surface area contributed by atoms with Crippen molar-refractivity contribution in [3.63, 3.8) is 0 Å². The number of halogens is 3. The van der Waals surface area contributed by atoms with E-state index in [2.05, 4.69) is 5.32 Å². The third-order valence-corrected chi connectivity index (χ3v) is 5.97. The molecule has 0 aliphatic rings. The minimum atomic E-state index is -4.01. The summed E-state index contributed by atoms with van der Waals surface area (Å²) >= 11 is 17.8. The van der Waals surface area contributed by atoms with Crippen LogP contribution in [0.1, 0.15) is 10.4 Å². The predicted molar refractivity (Wildman–Crippen MR) is 97.8 cm³/mol. The second kappa shape index (κ2) is 7.90. The number of hydrogen-bond donors (Lipinski definition) is 1. The van der Waals surface area contributed by atoms with Gasteiger partial charge in [0.1, 0.15) is 4.90 Å². The van der Waals surface area contributed by atoms with Gasteiger partial charge in [0.15, 0.2) is 0 Å². The summed E-state index contributed by atoms with van der Waals surface area (Å²) in [4.78, 5) is 16.9. The molecule has 2 aromatic carbocycles. The van der Waals surface area contributed by atoms with Gasteiger partial charge in [0, 0.05) is 17.6 Å². The summed E-state index contributed by atoms with van der Waals surface area (Å²) in [5, 5.41) is 3.21. The van der Waals surface area contributed by atoms with Crippen LogP contribution in [0.5, 0.6) is 0 Å². The average molecular weight is 424 g/mol. The first kappa shape index (κ1) is 20.0. The molecule has 0 bridgehead atoms. The predicted octanol–water partition coefficient (Wildman–Crippen LogP) is 4.08. The van der Waals surface area contributed by atoms with Crippen molar-refractivity contribution < 1.29 is 18.0 Å². The minimum Gasteiger partial charge on any atom is -0.321 e. The van der Waals surface area contributed by atoms with Gasteiger partial charge in [-0.1, -0.05) is 39.3 Å². The van der Waals surface area contributed by atoms with Crippen LogP contribution in [0.25, 0.3) is 0 Å². The minimum absolute atomic E-state index is 0.0405. The fourth-order valence-corrected chi connectivity index (χ4v) is 3.68. The SMILES string of the molecule is CON(C)S(=O)(=O)c1cc(C(=O)Nc2cc(Cl)ccc2Cl)ccc1Cl. The first-order valence-electron chi connectivity index (χ1n) is 6.76. The first-order chi connectivity index (χ1) is 11.7. The van der Waals surface area contributed by atoms with Crippen molar-refractivity contribution in [1.82, 2.24) is 4.47 Å². The maximum atomic E-state index is 12.4. The van der Waals surface area contributed by atoms with Crippen LogP contribution >= 0.6 is 34.8 Å². The lowest BCUT2D eigenvalue weighted by molar-refractivity contribution is -0.0258. The van der Waals surface area contributed by atoms with E-state index in [1.165, 1.54) is 38.4 Å². The Labute approximate surface area is 160 Å². The molecule has 25 heavy (non-hydrogen) atoms. The van der Waals surface area contributed by atoms with Gasteiger partial charge in [-0.15, -0.1) is 0 Å². The Hall–Kier alpha value is -1.35. The van der Waals surface area contributed by atoms with Crippen LogP contribution in [0.15, 0.2) is 41.3 Å². The van der Waals surface area contributed by atoms with E-state index in [0.717, 1.165) is 6.07 Å². The summed E-state index contributed by atoms with van der Waals surface area (Å²) in [7, 11) is -1.60. The summed E-state index contributed by atoms with van der Waals surface area (Å²) in [5.41, 5.74) is 0.371. The van der Waals surface area contributed by atoms with Gasteiger partial charge < -0.3 is 5.32 Å². The van der Waals surface area contributed by atoms with E-state index in [9.17, 15) is 13.2 Å². The maximum Gasteiger partial charge on any atom is 0.266 e. The van der Waals surface area contributed by atoms with Crippen molar-refractivity contribution in [2.75, 3.05) is 19.5 Å². The molecule has 0 saturated heterocycles. The largest absolute Gasteiger partial charge is 0.321 e. The summed E-state index contributed by atoms with van der Waals surface area (Å²) in [6, 6.07) is 8.45. The fraction of sp³-hybridized carbons (Fsp3) is 0.133. The zero-order valence-electron chi connectivity index (χ0n) is 13.1. The van der Waals surface area contributed by atoms with Gasteiger partial charge in [-0.05, 0) is 36.4 Å². The molecule has 0 fully saturated rings. The highest BCUT2D eigenvalue weighted by Gasteiger charge is 2.25. The van der Waals surface area contributed by atoms with Gasteiger partial charge in [0.05, 0.1) is 22.8 Å². The Morgan fingerprint density at radius 2 is 1.72 bits per heavy atom. The molecule has 1 amide bonds. The molecule has 2 rings (SSSR count). The average Bonchev–Trinajstić information content (AvgIpc) is 2.57. The van der Waals surface area contributed by atoms with Crippen molar-refractivity contribution >= 4 is 56.4 Å². The smallest absolute Gasteiger partial charge is 0.266 e. The molecule has 134 valence electrons. The van der Waals surface area contributed by atoms with Gasteiger partial charge in [-0.2, -0.15) is 0 Å². The number of nitrogens with one attached hydrogen (secondary N) is 1. The van der Waals surface area contributed by atoms with Crippen LogP contribution in [-0.4, -0.2) is 33.0 Å². The van der Waals surface area contributed by atoms with Crippen molar-refractivity contribution in [1.29, 1.82) is 0 Å². The molecule has 0 aliphatic carbocycles. The number of rotatable bonds is 5. The number of carbonyl (C=O) groups excluding carboxylic acids is 1. The van der Waals surface area contributed by atoms with Crippen molar-refractivity contribution in [2.24, 2.45) is 0 Å². The molecule has 0 atom stereocenters. The summed E-state index contributed by atoms with van der Waals surface area (Å²) in [6.07, 6.45) is 0. The quantitative estimate of drug-likeness (QED) is 0.735. The van der Waals surface area contributed by atoms with Crippen LogP contribution in [0.3, 0.4) is 0 Å². The molecule has 2 aromatic rings. The standard InChI is InChI=1S/C15H13Cl3N2O4S/c1-20(24-2)25(22,23)14-7-9(3-5-12(14)18)15(21)19-13-8-10(16)4-6-11(13)17/h3-8H,1-2H3,(H,19,21). The van der Waals surface area contributed by atoms with E-state index in [0.29, 0.717) is 20.2 Å². The lowest BCUT2D eigenvalue weighted by Crippen LogP contribution is -2.26. The molecular formula is C15H13Cl3N2O4S. The molecule has 0 unspecified atom stereocenters. The molecule has 1 N–H and O–H groups in total. The van der Waals surface area contributed by atoms with Gasteiger partial charge in [-0.25, -0.2) is 8.42 Å². The van der Waals surface area contributed by atoms with E-state index in [1.807, 2.05) is 0 Å². The zero-order chi connectivity index (χ0) is 18.8. The molecule has 0 radical (unpaired) electrons. The van der Waals surface area contributed by atoms with E-state index in [-0.39, 0.29) is 15.5 Å². The molecule has 10 heteroatoms. The fourth-order valence-electron chi connectivity index (χ4n) is 1.87. The lowest BCUT2D eigenvalue weighted by atomic mass is 10.2. The van der Waals surface area contributed by atoms with Crippen LogP contribution in [0, 0.1) is 0 Å². The number of carbonyl (C=O) groups is 1. The van der Waals surface area contributed by atoms with Crippen LogP contribution < -0.4 is 5.32 Å². The Balaban J connectivity index is 2.39. The normalized spacial score (nSPS) is 11.6. The Kier molecular flexibility index (Phi) is 6.31. The summed E-state index contributed by atoms with van der Waals surface area (Å²) in [5.74, 6) is -0.572. The highest BCUT2D eigenvalue weighted by atomic mass is 35.5.